The average Bonchev–Trinajstić information content (AvgIpc) is 3.18. The number of nitrogens with one attached hydrogen (secondary N) is 1. The zero-order valence-corrected chi connectivity index (χ0v) is 13.3. The van der Waals surface area contributed by atoms with Gasteiger partial charge in [-0.25, -0.2) is 4.98 Å². The van der Waals surface area contributed by atoms with E-state index < -0.39 is 0 Å². The molecule has 1 aromatic heterocycles. The zero-order chi connectivity index (χ0) is 14.5. The topological polar surface area (TPSA) is 57.6 Å². The van der Waals surface area contributed by atoms with Crippen LogP contribution in [0, 0.1) is 5.41 Å². The summed E-state index contributed by atoms with van der Waals surface area (Å²) in [7, 11) is 0. The number of aliphatic hydroxyl groups is 1. The van der Waals surface area contributed by atoms with Gasteiger partial charge in [0.05, 0.1) is 6.61 Å². The molecule has 0 amide bonds. The number of hydrogen-bond acceptors (Lipinski definition) is 6. The van der Waals surface area contributed by atoms with Crippen LogP contribution >= 0.6 is 11.3 Å². The fourth-order valence-electron chi connectivity index (χ4n) is 3.32. The van der Waals surface area contributed by atoms with Crippen molar-refractivity contribution in [3.8, 4) is 0 Å². The number of thiazole rings is 1. The number of aromatic nitrogens is 1. The van der Waals surface area contributed by atoms with E-state index in [-0.39, 0.29) is 12.0 Å². The molecule has 1 atom stereocenters. The maximum absolute atomic E-state index is 9.27. The molecule has 6 heteroatoms. The first kappa shape index (κ1) is 15.2. The normalized spacial score (nSPS) is 27.4. The minimum Gasteiger partial charge on any atom is -0.396 e. The third-order valence-corrected chi connectivity index (χ3v) is 5.61. The first-order valence-electron chi connectivity index (χ1n) is 7.88. The summed E-state index contributed by atoms with van der Waals surface area (Å²) in [6.45, 7) is 5.01. The van der Waals surface area contributed by atoms with E-state index in [1.165, 1.54) is 0 Å². The number of aliphatic hydroxyl groups excluding tert-OH is 1. The van der Waals surface area contributed by atoms with Crippen molar-refractivity contribution < 1.29 is 9.84 Å². The number of ether oxygens (including phenoxy) is 1. The number of nitrogens with zero attached hydrogens (tertiary/aromatic N) is 2. The van der Waals surface area contributed by atoms with Crippen molar-refractivity contribution in [1.29, 1.82) is 0 Å². The third-order valence-electron chi connectivity index (χ3n) is 4.78. The Morgan fingerprint density at radius 2 is 2.33 bits per heavy atom. The lowest BCUT2D eigenvalue weighted by Gasteiger charge is -2.35. The molecule has 21 heavy (non-hydrogen) atoms. The zero-order valence-electron chi connectivity index (χ0n) is 12.5. The highest BCUT2D eigenvalue weighted by Crippen LogP contribution is 2.32. The van der Waals surface area contributed by atoms with Gasteiger partial charge in [-0.3, -0.25) is 0 Å². The van der Waals surface area contributed by atoms with E-state index in [1.54, 1.807) is 11.3 Å². The molecule has 3 heterocycles. The van der Waals surface area contributed by atoms with E-state index in [1.807, 2.05) is 11.6 Å². The Labute approximate surface area is 130 Å². The van der Waals surface area contributed by atoms with Crippen molar-refractivity contribution in [2.24, 2.45) is 5.41 Å². The summed E-state index contributed by atoms with van der Waals surface area (Å²) in [4.78, 5) is 6.77. The molecule has 0 aliphatic carbocycles. The first-order chi connectivity index (χ1) is 10.3. The molecule has 118 valence electrons. The molecule has 0 unspecified atom stereocenters. The second-order valence-corrected chi connectivity index (χ2v) is 7.11. The second-order valence-electron chi connectivity index (χ2n) is 6.23. The van der Waals surface area contributed by atoms with Gasteiger partial charge in [-0.15, -0.1) is 11.3 Å². The highest BCUT2D eigenvalue weighted by Gasteiger charge is 2.35. The third kappa shape index (κ3) is 3.74. The van der Waals surface area contributed by atoms with Crippen LogP contribution < -0.4 is 10.2 Å². The standard InChI is InChI=1S/C15H25N3O2S/c19-8-3-15(4-9-20-12-15)11-17-13-1-6-18(7-2-13)14-16-5-10-21-14/h5,10,13,17,19H,1-4,6-9,11-12H2/t15-/m0/s1. The van der Waals surface area contributed by atoms with Gasteiger partial charge in [0.1, 0.15) is 0 Å². The van der Waals surface area contributed by atoms with Gasteiger partial charge in [0, 0.05) is 55.9 Å². The molecule has 0 aromatic carbocycles. The number of anilines is 1. The van der Waals surface area contributed by atoms with Crippen molar-refractivity contribution in [2.75, 3.05) is 44.4 Å². The number of hydrogen-bond donors (Lipinski definition) is 2. The molecular weight excluding hydrogens is 286 g/mol. The molecule has 0 saturated carbocycles. The largest absolute Gasteiger partial charge is 0.396 e. The maximum atomic E-state index is 9.27. The maximum Gasteiger partial charge on any atom is 0.185 e. The van der Waals surface area contributed by atoms with Gasteiger partial charge in [0.15, 0.2) is 5.13 Å². The van der Waals surface area contributed by atoms with E-state index in [2.05, 4.69) is 15.2 Å². The quantitative estimate of drug-likeness (QED) is 0.833. The summed E-state index contributed by atoms with van der Waals surface area (Å²) in [5.74, 6) is 0. The molecule has 2 saturated heterocycles. The van der Waals surface area contributed by atoms with Gasteiger partial charge in [-0.2, -0.15) is 0 Å². The Hall–Kier alpha value is -0.690. The van der Waals surface area contributed by atoms with E-state index in [0.717, 1.165) is 63.7 Å². The highest BCUT2D eigenvalue weighted by atomic mass is 32.1. The number of rotatable bonds is 6. The van der Waals surface area contributed by atoms with Gasteiger partial charge < -0.3 is 20.1 Å². The lowest BCUT2D eigenvalue weighted by atomic mass is 9.83. The monoisotopic (exact) mass is 311 g/mol. The summed E-state index contributed by atoms with van der Waals surface area (Å²) >= 11 is 1.72. The molecule has 0 radical (unpaired) electrons. The Kier molecular flexibility index (Phi) is 5.11. The second kappa shape index (κ2) is 7.05. The summed E-state index contributed by atoms with van der Waals surface area (Å²) < 4.78 is 5.55. The summed E-state index contributed by atoms with van der Waals surface area (Å²) in [6.07, 6.45) is 6.12. The van der Waals surface area contributed by atoms with E-state index in [9.17, 15) is 5.11 Å². The van der Waals surface area contributed by atoms with Gasteiger partial charge in [0.2, 0.25) is 0 Å². The van der Waals surface area contributed by atoms with Gasteiger partial charge in [0.25, 0.3) is 0 Å². The fourth-order valence-corrected chi connectivity index (χ4v) is 4.02. The summed E-state index contributed by atoms with van der Waals surface area (Å²) in [5.41, 5.74) is 0.154. The van der Waals surface area contributed by atoms with Crippen molar-refractivity contribution in [3.63, 3.8) is 0 Å². The van der Waals surface area contributed by atoms with E-state index in [4.69, 9.17) is 4.74 Å². The predicted octanol–water partition coefficient (Wildman–Crippen LogP) is 1.49. The van der Waals surface area contributed by atoms with Gasteiger partial charge in [-0.05, 0) is 25.7 Å². The molecule has 0 bridgehead atoms. The minimum atomic E-state index is 0.154. The average molecular weight is 311 g/mol. The van der Waals surface area contributed by atoms with Crippen LogP contribution in [0.5, 0.6) is 0 Å². The van der Waals surface area contributed by atoms with Crippen molar-refractivity contribution in [3.05, 3.63) is 11.6 Å². The molecule has 5 nitrogen and oxygen atoms in total. The molecule has 0 spiro atoms. The van der Waals surface area contributed by atoms with Crippen LogP contribution in [0.3, 0.4) is 0 Å². The lowest BCUT2D eigenvalue weighted by Crippen LogP contribution is -2.46. The van der Waals surface area contributed by atoms with Crippen LogP contribution in [0.1, 0.15) is 25.7 Å². The van der Waals surface area contributed by atoms with Crippen LogP contribution in [-0.4, -0.2) is 55.6 Å². The van der Waals surface area contributed by atoms with Crippen molar-refractivity contribution in [1.82, 2.24) is 10.3 Å². The Bertz CT molecular complexity index is 413. The minimum absolute atomic E-state index is 0.154. The summed E-state index contributed by atoms with van der Waals surface area (Å²) in [6, 6.07) is 0.581. The molecule has 3 rings (SSSR count). The molecule has 1 aromatic rings. The lowest BCUT2D eigenvalue weighted by molar-refractivity contribution is 0.121. The van der Waals surface area contributed by atoms with Gasteiger partial charge in [-0.1, -0.05) is 0 Å². The summed E-state index contributed by atoms with van der Waals surface area (Å²) in [5, 5.41) is 16.2. The molecule has 2 aliphatic rings. The Balaban J connectivity index is 1.45. The smallest absolute Gasteiger partial charge is 0.185 e. The van der Waals surface area contributed by atoms with Crippen LogP contribution in [0.2, 0.25) is 0 Å². The van der Waals surface area contributed by atoms with Crippen molar-refractivity contribution in [2.45, 2.75) is 31.7 Å². The van der Waals surface area contributed by atoms with E-state index in [0.29, 0.717) is 6.04 Å². The first-order valence-corrected chi connectivity index (χ1v) is 8.76. The molecule has 2 N–H and O–H groups in total. The molecule has 2 aliphatic heterocycles. The molecular formula is C15H25N3O2S. The highest BCUT2D eigenvalue weighted by molar-refractivity contribution is 7.13. The Morgan fingerprint density at radius 1 is 1.48 bits per heavy atom. The van der Waals surface area contributed by atoms with Crippen LogP contribution in [-0.2, 0) is 4.74 Å². The van der Waals surface area contributed by atoms with E-state index >= 15 is 0 Å². The van der Waals surface area contributed by atoms with Crippen LogP contribution in [0.25, 0.3) is 0 Å². The predicted molar refractivity (Wildman–Crippen MR) is 84.9 cm³/mol. The van der Waals surface area contributed by atoms with Crippen LogP contribution in [0.15, 0.2) is 11.6 Å². The van der Waals surface area contributed by atoms with Gasteiger partial charge >= 0.3 is 0 Å². The van der Waals surface area contributed by atoms with Crippen LogP contribution in [0.4, 0.5) is 5.13 Å². The SMILES string of the molecule is OCC[C@@]1(CNC2CCN(c3nccs3)CC2)CCOC1. The van der Waals surface area contributed by atoms with Crippen molar-refractivity contribution >= 4 is 16.5 Å². The fraction of sp³-hybridized carbons (Fsp3) is 0.800. The number of piperidine rings is 1. The molecule has 2 fully saturated rings. The Morgan fingerprint density at radius 3 is 2.95 bits per heavy atom.